The Morgan fingerprint density at radius 3 is 1.83 bits per heavy atom. The molecular weight excluding hydrogens is 414 g/mol. The van der Waals surface area contributed by atoms with Gasteiger partial charge in [0.15, 0.2) is 12.1 Å². The predicted octanol–water partition coefficient (Wildman–Crippen LogP) is 4.75. The van der Waals surface area contributed by atoms with Crippen LogP contribution in [0.5, 0.6) is 0 Å². The lowest BCUT2D eigenvalue weighted by Gasteiger charge is -2.29. The Bertz CT molecular complexity index is 696. The molecule has 0 atom stereocenters. The zero-order valence-corrected chi connectivity index (χ0v) is 19.7. The number of hydrogen-bond donors (Lipinski definition) is 0. The van der Waals surface area contributed by atoms with Gasteiger partial charge in [0.05, 0.1) is 0 Å². The van der Waals surface area contributed by atoms with Gasteiger partial charge in [-0.15, -0.1) is 0 Å². The minimum Gasteiger partial charge on any atom is -0.443 e. The third kappa shape index (κ3) is 8.41. The molecule has 30 heavy (non-hydrogen) atoms. The Balaban J connectivity index is 3.46. The summed E-state index contributed by atoms with van der Waals surface area (Å²) < 4.78 is 22.0. The summed E-state index contributed by atoms with van der Waals surface area (Å²) in [5, 5.41) is 0.0570. The van der Waals surface area contributed by atoms with E-state index in [1.807, 2.05) is 13.8 Å². The van der Waals surface area contributed by atoms with E-state index >= 15 is 0 Å². The van der Waals surface area contributed by atoms with Gasteiger partial charge in [-0.25, -0.2) is 19.6 Å². The molecule has 0 bridgehead atoms. The van der Waals surface area contributed by atoms with Gasteiger partial charge in [-0.3, -0.25) is 0 Å². The standard InChI is InChI=1S/C20H32ClN3O6/c1-9-27-14(28-10-2)11-13-15(21)22-12-23-16(13)24(17(25)29-19(3,4)5)18(26)30-20(6,7)8/h12,14H,9-11H2,1-8H3. The highest BCUT2D eigenvalue weighted by atomic mass is 35.5. The largest absolute Gasteiger partial charge is 0.443 e. The van der Waals surface area contributed by atoms with E-state index in [2.05, 4.69) is 9.97 Å². The number of carbonyl (C=O) groups is 2. The molecule has 170 valence electrons. The van der Waals surface area contributed by atoms with E-state index in [1.165, 1.54) is 0 Å². The van der Waals surface area contributed by atoms with Gasteiger partial charge < -0.3 is 18.9 Å². The van der Waals surface area contributed by atoms with Crippen LogP contribution in [0.1, 0.15) is 61.0 Å². The molecule has 1 heterocycles. The van der Waals surface area contributed by atoms with Crippen molar-refractivity contribution in [3.8, 4) is 0 Å². The van der Waals surface area contributed by atoms with Crippen LogP contribution in [0, 0.1) is 0 Å². The lowest BCUT2D eigenvalue weighted by molar-refractivity contribution is -0.134. The molecule has 0 unspecified atom stereocenters. The van der Waals surface area contributed by atoms with Crippen LogP contribution in [0.4, 0.5) is 15.4 Å². The highest BCUT2D eigenvalue weighted by molar-refractivity contribution is 6.30. The molecule has 2 amide bonds. The van der Waals surface area contributed by atoms with Crippen molar-refractivity contribution in [2.24, 2.45) is 0 Å². The molecule has 10 heteroatoms. The zero-order chi connectivity index (χ0) is 23.1. The Kier molecular flexibility index (Phi) is 9.45. The molecule has 0 aromatic carbocycles. The fourth-order valence-electron chi connectivity index (χ4n) is 2.32. The number of hydrogen-bond acceptors (Lipinski definition) is 8. The van der Waals surface area contributed by atoms with Crippen LogP contribution in [-0.2, 0) is 25.4 Å². The van der Waals surface area contributed by atoms with Gasteiger partial charge in [0.25, 0.3) is 0 Å². The molecule has 0 aliphatic rings. The third-order valence-electron chi connectivity index (χ3n) is 3.31. The molecule has 0 aliphatic carbocycles. The quantitative estimate of drug-likeness (QED) is 0.437. The molecule has 0 spiro atoms. The first-order valence-electron chi connectivity index (χ1n) is 9.77. The number of aromatic nitrogens is 2. The highest BCUT2D eigenvalue weighted by Crippen LogP contribution is 2.28. The van der Waals surface area contributed by atoms with Crippen molar-refractivity contribution < 1.29 is 28.5 Å². The lowest BCUT2D eigenvalue weighted by Crippen LogP contribution is -2.45. The minimum absolute atomic E-state index is 0.0529. The van der Waals surface area contributed by atoms with E-state index in [1.54, 1.807) is 41.5 Å². The Hall–Kier alpha value is -1.97. The van der Waals surface area contributed by atoms with Crippen LogP contribution < -0.4 is 4.90 Å². The summed E-state index contributed by atoms with van der Waals surface area (Å²) in [4.78, 5) is 34.7. The molecule has 0 saturated carbocycles. The van der Waals surface area contributed by atoms with E-state index in [0.29, 0.717) is 23.7 Å². The van der Waals surface area contributed by atoms with Crippen LogP contribution >= 0.6 is 11.6 Å². The van der Waals surface area contributed by atoms with Gasteiger partial charge in [-0.1, -0.05) is 11.6 Å². The van der Waals surface area contributed by atoms with Crippen molar-refractivity contribution in [1.82, 2.24) is 9.97 Å². The van der Waals surface area contributed by atoms with Crippen molar-refractivity contribution in [2.45, 2.75) is 79.3 Å². The molecular formula is C20H32ClN3O6. The van der Waals surface area contributed by atoms with Gasteiger partial charge in [0.2, 0.25) is 0 Å². The summed E-state index contributed by atoms with van der Waals surface area (Å²) in [7, 11) is 0. The second-order valence-corrected chi connectivity index (χ2v) is 8.67. The number of halogens is 1. The number of rotatable bonds is 7. The second-order valence-electron chi connectivity index (χ2n) is 8.31. The van der Waals surface area contributed by atoms with Crippen LogP contribution in [0.15, 0.2) is 6.33 Å². The summed E-state index contributed by atoms with van der Waals surface area (Å²) >= 11 is 6.30. The lowest BCUT2D eigenvalue weighted by atomic mass is 10.2. The molecule has 1 aromatic rings. The first-order valence-corrected chi connectivity index (χ1v) is 10.2. The number of carbonyl (C=O) groups excluding carboxylic acids is 2. The Labute approximate surface area is 183 Å². The number of amides is 2. The molecule has 0 N–H and O–H groups in total. The zero-order valence-electron chi connectivity index (χ0n) is 18.9. The molecule has 0 fully saturated rings. The molecule has 0 aliphatic heterocycles. The van der Waals surface area contributed by atoms with E-state index in [0.717, 1.165) is 6.33 Å². The molecule has 1 rings (SSSR count). The van der Waals surface area contributed by atoms with Gasteiger partial charge in [-0.05, 0) is 55.4 Å². The van der Waals surface area contributed by atoms with E-state index in [9.17, 15) is 9.59 Å². The Morgan fingerprint density at radius 2 is 1.43 bits per heavy atom. The van der Waals surface area contributed by atoms with Crippen molar-refractivity contribution in [3.63, 3.8) is 0 Å². The fourth-order valence-corrected chi connectivity index (χ4v) is 2.52. The van der Waals surface area contributed by atoms with Crippen molar-refractivity contribution >= 4 is 29.6 Å². The molecule has 9 nitrogen and oxygen atoms in total. The molecule has 0 saturated heterocycles. The average molecular weight is 446 g/mol. The Morgan fingerprint density at radius 1 is 0.967 bits per heavy atom. The second kappa shape index (κ2) is 10.9. The first kappa shape index (κ1) is 26.1. The van der Waals surface area contributed by atoms with Crippen LogP contribution in [0.25, 0.3) is 0 Å². The van der Waals surface area contributed by atoms with Crippen molar-refractivity contribution in [2.75, 3.05) is 18.1 Å². The van der Waals surface area contributed by atoms with Gasteiger partial charge in [-0.2, -0.15) is 4.90 Å². The maximum Gasteiger partial charge on any atom is 0.425 e. The molecule has 0 radical (unpaired) electrons. The van der Waals surface area contributed by atoms with Gasteiger partial charge >= 0.3 is 12.2 Å². The summed E-state index contributed by atoms with van der Waals surface area (Å²) in [5.74, 6) is -0.0529. The summed E-state index contributed by atoms with van der Waals surface area (Å²) in [5.41, 5.74) is -1.41. The van der Waals surface area contributed by atoms with E-state index < -0.39 is 29.7 Å². The molecule has 1 aromatic heterocycles. The monoisotopic (exact) mass is 445 g/mol. The smallest absolute Gasteiger partial charge is 0.425 e. The summed E-state index contributed by atoms with van der Waals surface area (Å²) in [6, 6.07) is 0. The van der Waals surface area contributed by atoms with Crippen LogP contribution in [0.2, 0.25) is 5.15 Å². The van der Waals surface area contributed by atoms with Gasteiger partial charge in [0.1, 0.15) is 22.7 Å². The topological polar surface area (TPSA) is 100 Å². The van der Waals surface area contributed by atoms with Crippen LogP contribution in [-0.4, -0.2) is 52.9 Å². The number of ether oxygens (including phenoxy) is 4. The number of anilines is 1. The predicted molar refractivity (Wildman–Crippen MR) is 113 cm³/mol. The summed E-state index contributed by atoms with van der Waals surface area (Å²) in [6.07, 6.45) is -1.30. The average Bonchev–Trinajstić information content (AvgIpc) is 2.55. The fraction of sp³-hybridized carbons (Fsp3) is 0.700. The van der Waals surface area contributed by atoms with Crippen molar-refractivity contribution in [1.29, 1.82) is 0 Å². The minimum atomic E-state index is -0.947. The first-order chi connectivity index (χ1) is 13.8. The van der Waals surface area contributed by atoms with Gasteiger partial charge in [0, 0.05) is 25.2 Å². The summed E-state index contributed by atoms with van der Waals surface area (Å²) in [6.45, 7) is 14.6. The maximum atomic E-state index is 12.9. The normalized spacial score (nSPS) is 12.1. The number of imide groups is 1. The SMILES string of the molecule is CCOC(Cc1c(Cl)ncnc1N(C(=O)OC(C)(C)C)C(=O)OC(C)(C)C)OCC. The van der Waals surface area contributed by atoms with E-state index in [4.69, 9.17) is 30.5 Å². The van der Waals surface area contributed by atoms with Crippen LogP contribution in [0.3, 0.4) is 0 Å². The van der Waals surface area contributed by atoms with E-state index in [-0.39, 0.29) is 17.4 Å². The number of nitrogens with zero attached hydrogens (tertiary/aromatic N) is 3. The third-order valence-corrected chi connectivity index (χ3v) is 3.64. The highest BCUT2D eigenvalue weighted by Gasteiger charge is 2.36. The van der Waals surface area contributed by atoms with Crippen molar-refractivity contribution in [3.05, 3.63) is 17.0 Å². The maximum absolute atomic E-state index is 12.9.